The fourth-order valence-corrected chi connectivity index (χ4v) is 18.0. The molecule has 18 aromatic carbocycles. The Morgan fingerprint density at radius 1 is 0.143 bits per heavy atom. The van der Waals surface area contributed by atoms with Crippen molar-refractivity contribution in [3.8, 4) is 33.4 Å². The second-order valence-electron chi connectivity index (χ2n) is 28.0. The van der Waals surface area contributed by atoms with Crippen LogP contribution in [0.4, 0.5) is 0 Å². The molecule has 0 aromatic heterocycles. The highest BCUT2D eigenvalue weighted by molar-refractivity contribution is 6.28. The lowest BCUT2D eigenvalue weighted by Crippen LogP contribution is -2.16. The summed E-state index contributed by atoms with van der Waals surface area (Å²) in [5.41, 5.74) is 17.1. The highest BCUT2D eigenvalue weighted by Crippen LogP contribution is 2.60. The molecule has 0 saturated heterocycles. The number of benzene rings is 18. The predicted octanol–water partition coefficient (Wildman–Crippen LogP) is 32.0. The average molecular weight is 1360 g/mol. The third-order valence-electron chi connectivity index (χ3n) is 22.2. The van der Waals surface area contributed by atoms with Gasteiger partial charge >= 0.3 is 0 Å². The zero-order chi connectivity index (χ0) is 74.2. The summed E-state index contributed by atoms with van der Waals surface area (Å²) >= 11 is 0. The Kier molecular flexibility index (Phi) is 20.5. The third kappa shape index (κ3) is 11.3. The molecule has 0 bridgehead atoms. The molecule has 522 valence electrons. The summed E-state index contributed by atoms with van der Waals surface area (Å²) in [4.78, 5) is 0. The van der Waals surface area contributed by atoms with Crippen LogP contribution in [0.1, 0.15) is 158 Å². The van der Waals surface area contributed by atoms with Crippen molar-refractivity contribution in [3.63, 3.8) is 0 Å². The van der Waals surface area contributed by atoms with E-state index in [1.165, 1.54) is 196 Å². The van der Waals surface area contributed by atoms with Crippen LogP contribution in [0.25, 0.3) is 163 Å². The van der Waals surface area contributed by atoms with Crippen molar-refractivity contribution in [1.82, 2.24) is 0 Å². The molecule has 0 heteroatoms. The van der Waals surface area contributed by atoms with Gasteiger partial charge in [-0.3, -0.25) is 0 Å². The van der Waals surface area contributed by atoms with Gasteiger partial charge in [0.05, 0.1) is 0 Å². The van der Waals surface area contributed by atoms with Gasteiger partial charge in [-0.05, 0) is 196 Å². The summed E-state index contributed by atoms with van der Waals surface area (Å²) in [7, 11) is 0. The van der Waals surface area contributed by atoms with Gasteiger partial charge in [-0.1, -0.05) is 416 Å². The Morgan fingerprint density at radius 3 is 0.686 bits per heavy atom. The third-order valence-corrected chi connectivity index (χ3v) is 22.2. The van der Waals surface area contributed by atoms with Crippen molar-refractivity contribution in [2.45, 2.75) is 141 Å². The van der Waals surface area contributed by atoms with E-state index >= 15 is 0 Å². The van der Waals surface area contributed by atoms with E-state index in [4.69, 9.17) is 0 Å². The van der Waals surface area contributed by atoms with Gasteiger partial charge in [-0.15, -0.1) is 0 Å². The maximum atomic E-state index is 2.42. The monoisotopic (exact) mass is 1360 g/mol. The minimum Gasteiger partial charge on any atom is -0.0683 e. The standard InChI is InChI=1S/3C31H22.6C2H6/c1-31(2)29-25-17-9-5-13-21(25)19-11-3-7-15-23(19)27(29)28-24-16-8-4-12-20(24)22-14-6-10-18-26(22)30(28)31;1-31(2)25-17-15-21-13-11-19-7-3-5-9-23(19)27(21)29(25)30-26(31)18-16-22-14-12-20-8-4-6-10-24(20)28(22)30;1-31(2)27-17-15-23-21-9-5-3-7-19(21)11-13-25(23)29(27)30-26-14-12-20-8-4-6-10-22(20)24(26)16-18-28(30)31;6*1-2/h3*3-18H,1-2H3;6*1-2H3. The van der Waals surface area contributed by atoms with E-state index < -0.39 is 0 Å². The fourth-order valence-electron chi connectivity index (χ4n) is 18.0. The lowest BCUT2D eigenvalue weighted by molar-refractivity contribution is 0.661. The Balaban J connectivity index is 0.000000130. The molecule has 0 nitrogen and oxygen atoms in total. The quantitative estimate of drug-likeness (QED) is 0.133. The lowest BCUT2D eigenvalue weighted by Gasteiger charge is -2.25. The highest BCUT2D eigenvalue weighted by atomic mass is 14.4. The molecule has 0 amide bonds. The molecular formula is C105H102. The van der Waals surface area contributed by atoms with Gasteiger partial charge in [0.15, 0.2) is 0 Å². The number of rotatable bonds is 0. The van der Waals surface area contributed by atoms with Crippen molar-refractivity contribution in [2.24, 2.45) is 0 Å². The summed E-state index contributed by atoms with van der Waals surface area (Å²) < 4.78 is 0. The topological polar surface area (TPSA) is 0 Å². The molecule has 0 fully saturated rings. The minimum atomic E-state index is -0.0854. The lowest BCUT2D eigenvalue weighted by atomic mass is 9.77. The Labute approximate surface area is 624 Å². The molecular weight excluding hydrogens is 1260 g/mol. The van der Waals surface area contributed by atoms with Crippen molar-refractivity contribution in [1.29, 1.82) is 0 Å². The van der Waals surface area contributed by atoms with Gasteiger partial charge in [0.25, 0.3) is 0 Å². The Bertz CT molecular complexity index is 5930. The zero-order valence-electron chi connectivity index (χ0n) is 65.2. The number of fused-ring (bicyclic) bond motifs is 35. The molecule has 18 aromatic rings. The SMILES string of the molecule is CC.CC.CC.CC.CC.CC.CC1(C)c2c(c3ccccc3c3ccccc23)-c2c1c1ccccc1c1ccccc21.CC1(C)c2ccc3c(ccc4ccccc43)c2-c2c1ccc1c2ccc2ccccc21.CC1(C)c2ccc3ccc4ccccc4c3c2-c2c1ccc1ccc3ccccc3c21. The van der Waals surface area contributed by atoms with Gasteiger partial charge in [0, 0.05) is 16.2 Å². The van der Waals surface area contributed by atoms with Crippen LogP contribution < -0.4 is 0 Å². The summed E-state index contributed by atoms with van der Waals surface area (Å²) in [5, 5.41) is 32.3. The maximum Gasteiger partial charge on any atom is 0.0171 e. The van der Waals surface area contributed by atoms with Gasteiger partial charge in [0.1, 0.15) is 0 Å². The first-order valence-electron chi connectivity index (χ1n) is 39.2. The zero-order valence-corrected chi connectivity index (χ0v) is 65.2. The van der Waals surface area contributed by atoms with E-state index in [2.05, 4.69) is 333 Å². The molecule has 0 heterocycles. The molecule has 0 saturated carbocycles. The predicted molar refractivity (Wildman–Crippen MR) is 470 cm³/mol. The fraction of sp³-hybridized carbons (Fsp3) is 0.200. The van der Waals surface area contributed by atoms with Gasteiger partial charge in [-0.25, -0.2) is 0 Å². The highest BCUT2D eigenvalue weighted by Gasteiger charge is 2.42. The van der Waals surface area contributed by atoms with Gasteiger partial charge < -0.3 is 0 Å². The molecule has 3 aliphatic carbocycles. The molecule has 0 spiro atoms. The summed E-state index contributed by atoms with van der Waals surface area (Å²) in [5.74, 6) is 0. The molecule has 21 rings (SSSR count). The van der Waals surface area contributed by atoms with E-state index in [-0.39, 0.29) is 16.2 Å². The molecule has 0 atom stereocenters. The number of hydrogen-bond acceptors (Lipinski definition) is 0. The normalized spacial score (nSPS) is 13.1. The van der Waals surface area contributed by atoms with E-state index in [9.17, 15) is 0 Å². The van der Waals surface area contributed by atoms with E-state index in [1.54, 1.807) is 0 Å². The Hall–Kier alpha value is -10.9. The number of hydrogen-bond donors (Lipinski definition) is 0. The van der Waals surface area contributed by atoms with E-state index in [0.717, 1.165) is 0 Å². The second kappa shape index (κ2) is 29.7. The van der Waals surface area contributed by atoms with Crippen LogP contribution in [0.2, 0.25) is 0 Å². The van der Waals surface area contributed by atoms with E-state index in [0.29, 0.717) is 0 Å². The van der Waals surface area contributed by atoms with Crippen LogP contribution in [0, 0.1) is 0 Å². The summed E-state index contributed by atoms with van der Waals surface area (Å²) in [6.45, 7) is 38.3. The Morgan fingerprint density at radius 2 is 0.343 bits per heavy atom. The van der Waals surface area contributed by atoms with Crippen molar-refractivity contribution in [2.75, 3.05) is 0 Å². The first kappa shape index (κ1) is 72.4. The van der Waals surface area contributed by atoms with Crippen LogP contribution >= 0.6 is 0 Å². The molecule has 0 unspecified atom stereocenters. The van der Waals surface area contributed by atoms with Crippen molar-refractivity contribution in [3.05, 3.63) is 325 Å². The van der Waals surface area contributed by atoms with Crippen LogP contribution in [0.3, 0.4) is 0 Å². The van der Waals surface area contributed by atoms with Crippen molar-refractivity contribution < 1.29 is 0 Å². The molecule has 105 heavy (non-hydrogen) atoms. The summed E-state index contributed by atoms with van der Waals surface area (Å²) in [6.07, 6.45) is 0. The van der Waals surface area contributed by atoms with Crippen molar-refractivity contribution >= 4 is 129 Å². The van der Waals surface area contributed by atoms with E-state index in [1.807, 2.05) is 83.1 Å². The minimum absolute atomic E-state index is 0.00959. The van der Waals surface area contributed by atoms with Crippen LogP contribution in [-0.2, 0) is 16.2 Å². The first-order valence-corrected chi connectivity index (χ1v) is 39.2. The second-order valence-corrected chi connectivity index (χ2v) is 28.0. The van der Waals surface area contributed by atoms with Crippen LogP contribution in [0.5, 0.6) is 0 Å². The van der Waals surface area contributed by atoms with Crippen LogP contribution in [0.15, 0.2) is 291 Å². The molecule has 0 radical (unpaired) electrons. The smallest absolute Gasteiger partial charge is 0.0171 e. The largest absolute Gasteiger partial charge is 0.0683 e. The van der Waals surface area contributed by atoms with Gasteiger partial charge in [0.2, 0.25) is 0 Å². The summed E-state index contributed by atoms with van der Waals surface area (Å²) in [6, 6.07) is 108. The average Bonchev–Trinajstić information content (AvgIpc) is 1.53. The maximum absolute atomic E-state index is 2.42. The molecule has 0 aliphatic heterocycles. The molecule has 0 N–H and O–H groups in total. The molecule has 3 aliphatic rings. The van der Waals surface area contributed by atoms with Gasteiger partial charge in [-0.2, -0.15) is 0 Å². The van der Waals surface area contributed by atoms with Crippen LogP contribution in [-0.4, -0.2) is 0 Å². The first-order chi connectivity index (χ1) is 51.5.